The van der Waals surface area contributed by atoms with Gasteiger partial charge in [-0.25, -0.2) is 0 Å². The monoisotopic (exact) mass is 237 g/mol. The molecule has 0 fully saturated rings. The third kappa shape index (κ3) is 5.76. The highest BCUT2D eigenvalue weighted by Crippen LogP contribution is 2.12. The van der Waals surface area contributed by atoms with Crippen molar-refractivity contribution in [2.45, 2.75) is 71.9 Å². The fourth-order valence-corrected chi connectivity index (χ4v) is 2.02. The smallest absolute Gasteiger partial charge is 0.0728 e. The van der Waals surface area contributed by atoms with Gasteiger partial charge in [0.05, 0.1) is 11.9 Å². The van der Waals surface area contributed by atoms with Crippen LogP contribution in [0.15, 0.2) is 12.4 Å². The van der Waals surface area contributed by atoms with Crippen molar-refractivity contribution in [2.75, 3.05) is 5.32 Å². The first kappa shape index (κ1) is 14.1. The number of unbranched alkanes of at least 4 members (excludes halogenated alkanes) is 4. The molecular weight excluding hydrogens is 210 g/mol. The summed E-state index contributed by atoms with van der Waals surface area (Å²) in [4.78, 5) is 0. The zero-order chi connectivity index (χ0) is 12.5. The normalized spacial score (nSPS) is 12.6. The first-order chi connectivity index (χ1) is 8.26. The lowest BCUT2D eigenvalue weighted by atomic mass is 10.1. The maximum Gasteiger partial charge on any atom is 0.0728 e. The summed E-state index contributed by atoms with van der Waals surface area (Å²) in [5, 5.41) is 7.77. The number of aryl methyl sites for hydroxylation is 1. The third-order valence-corrected chi connectivity index (χ3v) is 3.11. The van der Waals surface area contributed by atoms with Crippen molar-refractivity contribution in [3.8, 4) is 0 Å². The second kappa shape index (κ2) is 8.15. The quantitative estimate of drug-likeness (QED) is 0.656. The first-order valence-corrected chi connectivity index (χ1v) is 7.05. The molecule has 0 aliphatic rings. The zero-order valence-corrected chi connectivity index (χ0v) is 11.6. The van der Waals surface area contributed by atoms with Gasteiger partial charge in [0.2, 0.25) is 0 Å². The molecule has 98 valence electrons. The summed E-state index contributed by atoms with van der Waals surface area (Å²) in [5.41, 5.74) is 1.15. The van der Waals surface area contributed by atoms with E-state index in [1.165, 1.54) is 38.5 Å². The van der Waals surface area contributed by atoms with Crippen LogP contribution in [0.4, 0.5) is 5.69 Å². The summed E-state index contributed by atoms with van der Waals surface area (Å²) in [6.07, 6.45) is 12.0. The predicted octanol–water partition coefficient (Wildman–Crippen LogP) is 4.06. The molecular formula is C14H27N3. The van der Waals surface area contributed by atoms with E-state index in [9.17, 15) is 0 Å². The minimum atomic E-state index is 0.547. The number of nitrogens with zero attached hydrogens (tertiary/aromatic N) is 2. The molecule has 1 rings (SSSR count). The van der Waals surface area contributed by atoms with Crippen LogP contribution in [0, 0.1) is 0 Å². The van der Waals surface area contributed by atoms with Gasteiger partial charge in [0, 0.05) is 18.8 Å². The van der Waals surface area contributed by atoms with E-state index in [2.05, 4.69) is 37.4 Å². The minimum Gasteiger partial charge on any atom is -0.380 e. The Bertz CT molecular complexity index is 293. The maximum absolute atomic E-state index is 4.26. The number of hydrogen-bond acceptors (Lipinski definition) is 2. The van der Waals surface area contributed by atoms with E-state index in [0.29, 0.717) is 6.04 Å². The maximum atomic E-state index is 4.26. The topological polar surface area (TPSA) is 29.9 Å². The molecule has 1 aromatic rings. The third-order valence-electron chi connectivity index (χ3n) is 3.11. The van der Waals surface area contributed by atoms with Crippen LogP contribution in [0.2, 0.25) is 0 Å². The van der Waals surface area contributed by atoms with Gasteiger partial charge < -0.3 is 5.32 Å². The molecule has 0 radical (unpaired) electrons. The van der Waals surface area contributed by atoms with Gasteiger partial charge in [-0.2, -0.15) is 5.10 Å². The second-order valence-electron chi connectivity index (χ2n) is 4.83. The van der Waals surface area contributed by atoms with Crippen molar-refractivity contribution < 1.29 is 0 Å². The fourth-order valence-electron chi connectivity index (χ4n) is 2.02. The molecule has 0 aliphatic carbocycles. The molecule has 1 atom stereocenters. The standard InChI is InChI=1S/C14H27N3/c1-4-6-7-8-9-10-13(3)16-14-11-15-17(5-2)12-14/h11-13,16H,4-10H2,1-3H3. The molecule has 0 aliphatic heterocycles. The highest BCUT2D eigenvalue weighted by Gasteiger charge is 2.03. The van der Waals surface area contributed by atoms with Gasteiger partial charge in [-0.15, -0.1) is 0 Å². The molecule has 0 saturated heterocycles. The Morgan fingerprint density at radius 3 is 2.65 bits per heavy atom. The van der Waals surface area contributed by atoms with Crippen molar-refractivity contribution in [1.82, 2.24) is 9.78 Å². The van der Waals surface area contributed by atoms with Gasteiger partial charge in [0.25, 0.3) is 0 Å². The van der Waals surface area contributed by atoms with Crippen molar-refractivity contribution >= 4 is 5.69 Å². The fraction of sp³-hybridized carbons (Fsp3) is 0.786. The lowest BCUT2D eigenvalue weighted by Gasteiger charge is -2.13. The highest BCUT2D eigenvalue weighted by atomic mass is 15.3. The molecule has 3 heteroatoms. The molecule has 1 unspecified atom stereocenters. The van der Waals surface area contributed by atoms with Crippen LogP contribution in [0.25, 0.3) is 0 Å². The van der Waals surface area contributed by atoms with Crippen molar-refractivity contribution in [2.24, 2.45) is 0 Å². The molecule has 1 heterocycles. The van der Waals surface area contributed by atoms with E-state index in [4.69, 9.17) is 0 Å². The summed E-state index contributed by atoms with van der Waals surface area (Å²) in [6.45, 7) is 7.56. The van der Waals surface area contributed by atoms with Crippen LogP contribution in [-0.2, 0) is 6.54 Å². The molecule has 0 amide bonds. The van der Waals surface area contributed by atoms with Gasteiger partial charge in [-0.3, -0.25) is 4.68 Å². The van der Waals surface area contributed by atoms with Crippen LogP contribution in [0.1, 0.15) is 59.3 Å². The van der Waals surface area contributed by atoms with Crippen LogP contribution >= 0.6 is 0 Å². The molecule has 0 spiro atoms. The lowest BCUT2D eigenvalue weighted by molar-refractivity contribution is 0.578. The molecule has 0 bridgehead atoms. The van der Waals surface area contributed by atoms with E-state index >= 15 is 0 Å². The number of rotatable bonds is 9. The van der Waals surface area contributed by atoms with E-state index in [1.54, 1.807) is 0 Å². The summed E-state index contributed by atoms with van der Waals surface area (Å²) >= 11 is 0. The van der Waals surface area contributed by atoms with Gasteiger partial charge in [-0.1, -0.05) is 39.0 Å². The Morgan fingerprint density at radius 1 is 1.24 bits per heavy atom. The Balaban J connectivity index is 2.13. The minimum absolute atomic E-state index is 0.547. The molecule has 3 nitrogen and oxygen atoms in total. The molecule has 1 N–H and O–H groups in total. The number of aromatic nitrogens is 2. The van der Waals surface area contributed by atoms with Crippen LogP contribution < -0.4 is 5.32 Å². The second-order valence-corrected chi connectivity index (χ2v) is 4.83. The summed E-state index contributed by atoms with van der Waals surface area (Å²) in [6, 6.07) is 0.547. The van der Waals surface area contributed by atoms with Gasteiger partial charge in [0.15, 0.2) is 0 Å². The van der Waals surface area contributed by atoms with Gasteiger partial charge in [-0.05, 0) is 20.3 Å². The molecule has 17 heavy (non-hydrogen) atoms. The summed E-state index contributed by atoms with van der Waals surface area (Å²) in [5.74, 6) is 0. The molecule has 0 aromatic carbocycles. The lowest BCUT2D eigenvalue weighted by Crippen LogP contribution is -2.14. The van der Waals surface area contributed by atoms with Crippen LogP contribution in [0.3, 0.4) is 0 Å². The first-order valence-electron chi connectivity index (χ1n) is 7.05. The largest absolute Gasteiger partial charge is 0.380 e. The van der Waals surface area contributed by atoms with Gasteiger partial charge in [0.1, 0.15) is 0 Å². The van der Waals surface area contributed by atoms with E-state index < -0.39 is 0 Å². The Morgan fingerprint density at radius 2 is 2.00 bits per heavy atom. The van der Waals surface area contributed by atoms with E-state index in [-0.39, 0.29) is 0 Å². The zero-order valence-electron chi connectivity index (χ0n) is 11.6. The van der Waals surface area contributed by atoms with Crippen LogP contribution in [-0.4, -0.2) is 15.8 Å². The van der Waals surface area contributed by atoms with Crippen molar-refractivity contribution in [3.63, 3.8) is 0 Å². The van der Waals surface area contributed by atoms with Crippen LogP contribution in [0.5, 0.6) is 0 Å². The molecule has 1 aromatic heterocycles. The van der Waals surface area contributed by atoms with Crippen molar-refractivity contribution in [1.29, 1.82) is 0 Å². The number of hydrogen-bond donors (Lipinski definition) is 1. The van der Waals surface area contributed by atoms with Gasteiger partial charge >= 0.3 is 0 Å². The van der Waals surface area contributed by atoms with Crippen molar-refractivity contribution in [3.05, 3.63) is 12.4 Å². The SMILES string of the molecule is CCCCCCCC(C)Nc1cnn(CC)c1. The molecule has 0 saturated carbocycles. The number of nitrogens with one attached hydrogen (secondary N) is 1. The average Bonchev–Trinajstić information content (AvgIpc) is 2.76. The van der Waals surface area contributed by atoms with E-state index in [0.717, 1.165) is 12.2 Å². The predicted molar refractivity (Wildman–Crippen MR) is 74.4 cm³/mol. The van der Waals surface area contributed by atoms with E-state index in [1.807, 2.05) is 10.9 Å². The summed E-state index contributed by atoms with van der Waals surface area (Å²) < 4.78 is 1.95. The summed E-state index contributed by atoms with van der Waals surface area (Å²) in [7, 11) is 0. The Kier molecular flexibility index (Phi) is 6.75. The average molecular weight is 237 g/mol. The number of anilines is 1. The Hall–Kier alpha value is -0.990. The Labute approximate surface area is 106 Å². The highest BCUT2D eigenvalue weighted by molar-refractivity contribution is 5.38.